The van der Waals surface area contributed by atoms with Crippen molar-refractivity contribution in [3.63, 3.8) is 0 Å². The van der Waals surface area contributed by atoms with Crippen LogP contribution in [0, 0.1) is 9.39 Å². The van der Waals surface area contributed by atoms with E-state index in [2.05, 4.69) is 43.9 Å². The summed E-state index contributed by atoms with van der Waals surface area (Å²) in [6, 6.07) is 12.3. The summed E-state index contributed by atoms with van der Waals surface area (Å²) in [4.78, 5) is 0. The van der Waals surface area contributed by atoms with Crippen LogP contribution in [0.5, 0.6) is 0 Å². The van der Waals surface area contributed by atoms with Gasteiger partial charge in [-0.25, -0.2) is 9.82 Å². The van der Waals surface area contributed by atoms with E-state index >= 15 is 0 Å². The molecule has 0 aliphatic carbocycles. The Hall–Kier alpha value is -0.500. The van der Waals surface area contributed by atoms with Gasteiger partial charge in [0.25, 0.3) is 0 Å². The molecule has 0 fully saturated rings. The topological polar surface area (TPSA) is 38.0 Å². The van der Waals surface area contributed by atoms with Crippen LogP contribution < -0.4 is 11.3 Å². The molecule has 0 saturated heterocycles. The molecule has 2 aromatic carbocycles. The van der Waals surface area contributed by atoms with Crippen molar-refractivity contribution in [2.45, 2.75) is 6.04 Å². The lowest BCUT2D eigenvalue weighted by molar-refractivity contribution is 0.559. The summed E-state index contributed by atoms with van der Waals surface area (Å²) in [5, 5.41) is 0. The monoisotopic (exact) mass is 420 g/mol. The normalized spacial score (nSPS) is 12.4. The van der Waals surface area contributed by atoms with Gasteiger partial charge in [-0.1, -0.05) is 28.1 Å². The standard InChI is InChI=1S/C13H11BrFIN2/c14-9-4-5-12(15)11(7-9)13(18-17)8-2-1-3-10(16)6-8/h1-7,13,18H,17H2. The van der Waals surface area contributed by atoms with Gasteiger partial charge in [0.15, 0.2) is 0 Å². The molecule has 0 saturated carbocycles. The smallest absolute Gasteiger partial charge is 0.128 e. The zero-order chi connectivity index (χ0) is 13.1. The van der Waals surface area contributed by atoms with E-state index < -0.39 is 0 Å². The highest BCUT2D eigenvalue weighted by atomic mass is 127. The number of rotatable bonds is 3. The molecule has 0 heterocycles. The Morgan fingerprint density at radius 3 is 2.67 bits per heavy atom. The third-order valence-electron chi connectivity index (χ3n) is 2.62. The van der Waals surface area contributed by atoms with E-state index in [0.29, 0.717) is 5.56 Å². The van der Waals surface area contributed by atoms with Gasteiger partial charge in [0.05, 0.1) is 6.04 Å². The molecule has 0 amide bonds. The highest BCUT2D eigenvalue weighted by Gasteiger charge is 2.17. The quantitative estimate of drug-likeness (QED) is 0.451. The van der Waals surface area contributed by atoms with Crippen LogP contribution >= 0.6 is 38.5 Å². The van der Waals surface area contributed by atoms with E-state index in [-0.39, 0.29) is 11.9 Å². The van der Waals surface area contributed by atoms with Crippen molar-refractivity contribution in [3.05, 3.63) is 67.5 Å². The molecule has 0 aliphatic rings. The van der Waals surface area contributed by atoms with E-state index in [1.165, 1.54) is 6.07 Å². The summed E-state index contributed by atoms with van der Waals surface area (Å²) in [5.41, 5.74) is 4.12. The Bertz CT molecular complexity index is 562. The van der Waals surface area contributed by atoms with Crippen LogP contribution in [0.15, 0.2) is 46.9 Å². The fourth-order valence-corrected chi connectivity index (χ4v) is 2.73. The summed E-state index contributed by atoms with van der Waals surface area (Å²) in [7, 11) is 0. The van der Waals surface area contributed by atoms with Gasteiger partial charge < -0.3 is 0 Å². The van der Waals surface area contributed by atoms with E-state index in [0.717, 1.165) is 13.6 Å². The third-order valence-corrected chi connectivity index (χ3v) is 3.78. The van der Waals surface area contributed by atoms with Crippen molar-refractivity contribution in [2.24, 2.45) is 5.84 Å². The average molecular weight is 421 g/mol. The average Bonchev–Trinajstić information content (AvgIpc) is 2.35. The third kappa shape index (κ3) is 3.09. The Morgan fingerprint density at radius 1 is 1.22 bits per heavy atom. The van der Waals surface area contributed by atoms with Crippen molar-refractivity contribution < 1.29 is 4.39 Å². The summed E-state index contributed by atoms with van der Waals surface area (Å²) in [6.45, 7) is 0. The summed E-state index contributed by atoms with van der Waals surface area (Å²) in [5.74, 6) is 5.29. The minimum absolute atomic E-state index is 0.278. The molecule has 2 aromatic rings. The number of nitrogens with two attached hydrogens (primary N) is 1. The second-order valence-corrected chi connectivity index (χ2v) is 5.98. The van der Waals surface area contributed by atoms with E-state index in [4.69, 9.17) is 5.84 Å². The predicted octanol–water partition coefficient (Wildman–Crippen LogP) is 3.75. The number of hydrazine groups is 1. The fraction of sp³-hybridized carbons (Fsp3) is 0.0769. The molecular weight excluding hydrogens is 410 g/mol. The van der Waals surface area contributed by atoms with Crippen LogP contribution in [0.2, 0.25) is 0 Å². The van der Waals surface area contributed by atoms with Gasteiger partial charge in [-0.3, -0.25) is 5.84 Å². The van der Waals surface area contributed by atoms with Crippen molar-refractivity contribution in [1.82, 2.24) is 5.43 Å². The van der Waals surface area contributed by atoms with Gasteiger partial charge in [0.1, 0.15) is 5.82 Å². The number of benzene rings is 2. The van der Waals surface area contributed by atoms with E-state index in [1.807, 2.05) is 24.3 Å². The van der Waals surface area contributed by atoms with E-state index in [1.54, 1.807) is 12.1 Å². The van der Waals surface area contributed by atoms with Crippen LogP contribution in [0.4, 0.5) is 4.39 Å². The van der Waals surface area contributed by atoms with Crippen molar-refractivity contribution in [3.8, 4) is 0 Å². The molecule has 0 spiro atoms. The maximum atomic E-state index is 13.9. The molecule has 18 heavy (non-hydrogen) atoms. The zero-order valence-electron chi connectivity index (χ0n) is 9.33. The molecule has 0 radical (unpaired) electrons. The fourth-order valence-electron chi connectivity index (χ4n) is 1.79. The molecule has 0 bridgehead atoms. The molecule has 5 heteroatoms. The first-order chi connectivity index (χ1) is 8.61. The Labute approximate surface area is 127 Å². The predicted molar refractivity (Wildman–Crippen MR) is 82.4 cm³/mol. The van der Waals surface area contributed by atoms with E-state index in [9.17, 15) is 4.39 Å². The van der Waals surface area contributed by atoms with Crippen LogP contribution in [0.25, 0.3) is 0 Å². The lowest BCUT2D eigenvalue weighted by atomic mass is 9.99. The lowest BCUT2D eigenvalue weighted by Gasteiger charge is -2.18. The highest BCUT2D eigenvalue weighted by molar-refractivity contribution is 14.1. The largest absolute Gasteiger partial charge is 0.271 e. The minimum atomic E-state index is -0.364. The molecular formula is C13H11BrFIN2. The second-order valence-electron chi connectivity index (χ2n) is 3.82. The Balaban J connectivity index is 2.48. The van der Waals surface area contributed by atoms with Gasteiger partial charge in [0.2, 0.25) is 0 Å². The number of hydrogen-bond donors (Lipinski definition) is 2. The van der Waals surface area contributed by atoms with Crippen molar-refractivity contribution >= 4 is 38.5 Å². The molecule has 1 atom stereocenters. The van der Waals surface area contributed by atoms with Crippen LogP contribution in [-0.4, -0.2) is 0 Å². The van der Waals surface area contributed by atoms with Gasteiger partial charge in [-0.2, -0.15) is 0 Å². The molecule has 2 rings (SSSR count). The van der Waals surface area contributed by atoms with Crippen LogP contribution in [-0.2, 0) is 0 Å². The van der Waals surface area contributed by atoms with Crippen LogP contribution in [0.1, 0.15) is 17.2 Å². The molecule has 0 aliphatic heterocycles. The maximum Gasteiger partial charge on any atom is 0.128 e. The zero-order valence-corrected chi connectivity index (χ0v) is 13.1. The van der Waals surface area contributed by atoms with Gasteiger partial charge in [-0.05, 0) is 58.5 Å². The van der Waals surface area contributed by atoms with Gasteiger partial charge in [0, 0.05) is 13.6 Å². The Morgan fingerprint density at radius 2 is 2.00 bits per heavy atom. The van der Waals surface area contributed by atoms with Gasteiger partial charge in [-0.15, -0.1) is 0 Å². The van der Waals surface area contributed by atoms with Crippen LogP contribution in [0.3, 0.4) is 0 Å². The summed E-state index contributed by atoms with van der Waals surface area (Å²) < 4.78 is 15.8. The summed E-state index contributed by atoms with van der Waals surface area (Å²) >= 11 is 5.56. The van der Waals surface area contributed by atoms with Crippen molar-refractivity contribution in [1.29, 1.82) is 0 Å². The number of halogens is 3. The number of nitrogens with one attached hydrogen (secondary N) is 1. The molecule has 2 nitrogen and oxygen atoms in total. The lowest BCUT2D eigenvalue weighted by Crippen LogP contribution is -2.29. The molecule has 1 unspecified atom stereocenters. The van der Waals surface area contributed by atoms with Gasteiger partial charge >= 0.3 is 0 Å². The Kier molecular flexibility index (Phi) is 4.71. The first kappa shape index (κ1) is 13.9. The highest BCUT2D eigenvalue weighted by Crippen LogP contribution is 2.27. The number of hydrogen-bond acceptors (Lipinski definition) is 2. The molecule has 3 N–H and O–H groups in total. The summed E-state index contributed by atoms with van der Waals surface area (Å²) in [6.07, 6.45) is 0. The maximum absolute atomic E-state index is 13.9. The molecule has 94 valence electrons. The first-order valence-corrected chi connectivity index (χ1v) is 7.15. The van der Waals surface area contributed by atoms with Crippen molar-refractivity contribution in [2.75, 3.05) is 0 Å². The molecule has 0 aromatic heterocycles. The first-order valence-electron chi connectivity index (χ1n) is 5.28. The SMILES string of the molecule is NNC(c1cccc(I)c1)c1cc(Br)ccc1F. The second kappa shape index (κ2) is 6.10. The minimum Gasteiger partial charge on any atom is -0.271 e.